The van der Waals surface area contributed by atoms with Crippen LogP contribution in [0.25, 0.3) is 0 Å². The molecule has 0 aromatic heterocycles. The maximum Gasteiger partial charge on any atom is 0.470 e. The molecule has 106 valence electrons. The molecule has 0 heterocycles. The molecule has 0 radical (unpaired) electrons. The lowest BCUT2D eigenvalue weighted by molar-refractivity contribution is -0.165. The second kappa shape index (κ2) is 7.54. The fourth-order valence-corrected chi connectivity index (χ4v) is 1.48. The summed E-state index contributed by atoms with van der Waals surface area (Å²) in [6.45, 7) is -1.51. The average molecular weight is 287 g/mol. The van der Waals surface area contributed by atoms with Crippen LogP contribution in [-0.4, -0.2) is 63.7 Å². The van der Waals surface area contributed by atoms with Gasteiger partial charge in [0.15, 0.2) is 18.5 Å². The van der Waals surface area contributed by atoms with E-state index in [1.54, 1.807) is 0 Å². The average Bonchev–Trinajstić information content (AvgIpc) is 2.30. The van der Waals surface area contributed by atoms with Crippen molar-refractivity contribution >= 4 is 20.1 Å². The van der Waals surface area contributed by atoms with Gasteiger partial charge in [-0.1, -0.05) is 0 Å². The summed E-state index contributed by atoms with van der Waals surface area (Å²) in [5.74, 6) is -1.05. The Morgan fingerprint density at radius 2 is 2.00 bits per heavy atom. The highest BCUT2D eigenvalue weighted by atomic mass is 31.2. The zero-order valence-corrected chi connectivity index (χ0v) is 9.97. The van der Waals surface area contributed by atoms with Crippen molar-refractivity contribution in [2.24, 2.45) is 5.73 Å². The number of carbonyl (C=O) groups is 2. The van der Waals surface area contributed by atoms with Crippen LogP contribution in [0.4, 0.5) is 0 Å². The molecule has 0 aromatic rings. The van der Waals surface area contributed by atoms with E-state index in [1.165, 1.54) is 0 Å². The lowest BCUT2D eigenvalue weighted by Crippen LogP contribution is -2.45. The van der Waals surface area contributed by atoms with Crippen molar-refractivity contribution in [3.05, 3.63) is 0 Å². The number of rotatable bonds is 8. The number of nitrogens with two attached hydrogens (primary N) is 1. The lowest BCUT2D eigenvalue weighted by atomic mass is 10.1. The summed E-state index contributed by atoms with van der Waals surface area (Å²) in [5.41, 5.74) is 4.93. The number of phosphoric ester groups is 1. The zero-order valence-electron chi connectivity index (χ0n) is 9.08. The molecular formula is C7H14NO9P. The molecule has 0 saturated heterocycles. The molecule has 0 fully saturated rings. The Balaban J connectivity index is 4.95. The van der Waals surface area contributed by atoms with E-state index in [4.69, 9.17) is 20.6 Å². The van der Waals surface area contributed by atoms with E-state index in [-0.39, 0.29) is 6.29 Å². The summed E-state index contributed by atoms with van der Waals surface area (Å²) in [6, 6.07) is 0. The fraction of sp³-hybridized carbons (Fsp3) is 0.714. The molecule has 0 spiro atoms. The highest BCUT2D eigenvalue weighted by Gasteiger charge is 2.36. The number of phosphoric acid groups is 1. The van der Waals surface area contributed by atoms with Gasteiger partial charge in [0.25, 0.3) is 0 Å². The van der Waals surface area contributed by atoms with Crippen molar-refractivity contribution in [1.29, 1.82) is 0 Å². The normalized spacial score (nSPS) is 16.7. The number of aliphatic hydroxyl groups is 2. The Morgan fingerprint density at radius 1 is 1.44 bits per heavy atom. The van der Waals surface area contributed by atoms with Crippen molar-refractivity contribution < 1.29 is 43.4 Å². The number of carbonyl (C=O) groups excluding carboxylic acids is 2. The van der Waals surface area contributed by atoms with Gasteiger partial charge in [0, 0.05) is 0 Å². The van der Waals surface area contributed by atoms with Crippen molar-refractivity contribution in [2.45, 2.75) is 18.3 Å². The minimum absolute atomic E-state index is 0.0770. The SMILES string of the molecule is NCC(=O)O[C@H]([C@H](O)CO)[C@H](C=O)OP(=O)(O)O. The third-order valence-electron chi connectivity index (χ3n) is 1.72. The molecular weight excluding hydrogens is 273 g/mol. The van der Waals surface area contributed by atoms with Crippen LogP contribution in [0, 0.1) is 0 Å². The van der Waals surface area contributed by atoms with Crippen molar-refractivity contribution in [3.8, 4) is 0 Å². The Kier molecular flexibility index (Phi) is 7.18. The first-order valence-electron chi connectivity index (χ1n) is 4.62. The van der Waals surface area contributed by atoms with Gasteiger partial charge in [-0.25, -0.2) is 4.57 Å². The number of aldehydes is 1. The molecule has 0 aliphatic carbocycles. The van der Waals surface area contributed by atoms with Crippen LogP contribution in [0.2, 0.25) is 0 Å². The monoisotopic (exact) mass is 287 g/mol. The molecule has 0 unspecified atom stereocenters. The quantitative estimate of drug-likeness (QED) is 0.174. The van der Waals surface area contributed by atoms with Crippen LogP contribution in [0.3, 0.4) is 0 Å². The predicted molar refractivity (Wildman–Crippen MR) is 55.0 cm³/mol. The molecule has 6 N–H and O–H groups in total. The van der Waals surface area contributed by atoms with Crippen LogP contribution in [0.15, 0.2) is 0 Å². The second-order valence-corrected chi connectivity index (χ2v) is 4.30. The molecule has 0 aliphatic rings. The topological polar surface area (TPSA) is 177 Å². The molecule has 0 saturated carbocycles. The lowest BCUT2D eigenvalue weighted by Gasteiger charge is -2.26. The number of hydrogen-bond acceptors (Lipinski definition) is 8. The zero-order chi connectivity index (χ0) is 14.3. The summed E-state index contributed by atoms with van der Waals surface area (Å²) in [6.07, 6.45) is -5.56. The van der Waals surface area contributed by atoms with Gasteiger partial charge in [0.2, 0.25) is 0 Å². The number of esters is 1. The summed E-state index contributed by atoms with van der Waals surface area (Å²) >= 11 is 0. The van der Waals surface area contributed by atoms with E-state index in [2.05, 4.69) is 9.26 Å². The first-order chi connectivity index (χ1) is 8.25. The number of aliphatic hydroxyl groups excluding tert-OH is 2. The Hall–Kier alpha value is -0.870. The van der Waals surface area contributed by atoms with Crippen LogP contribution >= 0.6 is 7.82 Å². The molecule has 0 aromatic carbocycles. The molecule has 10 nitrogen and oxygen atoms in total. The summed E-state index contributed by atoms with van der Waals surface area (Å²) < 4.78 is 19.1. The first kappa shape index (κ1) is 17.1. The molecule has 11 heteroatoms. The maximum absolute atomic E-state index is 10.9. The van der Waals surface area contributed by atoms with Gasteiger partial charge in [-0.15, -0.1) is 0 Å². The molecule has 0 bridgehead atoms. The largest absolute Gasteiger partial charge is 0.470 e. The highest BCUT2D eigenvalue weighted by molar-refractivity contribution is 7.46. The van der Waals surface area contributed by atoms with E-state index in [0.717, 1.165) is 0 Å². The molecule has 0 amide bonds. The molecule has 18 heavy (non-hydrogen) atoms. The van der Waals surface area contributed by atoms with E-state index >= 15 is 0 Å². The van der Waals surface area contributed by atoms with Crippen LogP contribution in [0.5, 0.6) is 0 Å². The number of ether oxygens (including phenoxy) is 1. The maximum atomic E-state index is 10.9. The second-order valence-electron chi connectivity index (χ2n) is 3.11. The van der Waals surface area contributed by atoms with Gasteiger partial charge in [-0.2, -0.15) is 0 Å². The van der Waals surface area contributed by atoms with Gasteiger partial charge in [0.05, 0.1) is 13.2 Å². The summed E-state index contributed by atoms with van der Waals surface area (Å²) in [5, 5.41) is 18.0. The molecule has 0 rings (SSSR count). The minimum Gasteiger partial charge on any atom is -0.455 e. The Bertz CT molecular complexity index is 329. The minimum atomic E-state index is -5.04. The van der Waals surface area contributed by atoms with Gasteiger partial charge in [-0.05, 0) is 0 Å². The van der Waals surface area contributed by atoms with Crippen LogP contribution in [-0.2, 0) is 23.4 Å². The molecule has 0 aliphatic heterocycles. The van der Waals surface area contributed by atoms with E-state index in [1.807, 2.05) is 0 Å². The standard InChI is InChI=1S/C7H14NO9P/c8-1-6(12)16-7(4(11)2-9)5(3-10)17-18(13,14)15/h3-5,7,9,11H,1-2,8H2,(H2,13,14,15)/t4-,5+,7-/m1/s1. The van der Waals surface area contributed by atoms with Crippen molar-refractivity contribution in [1.82, 2.24) is 0 Å². The van der Waals surface area contributed by atoms with Gasteiger partial charge < -0.3 is 35.3 Å². The predicted octanol–water partition coefficient (Wildman–Crippen LogP) is -3.11. The number of hydrogen-bond donors (Lipinski definition) is 5. The van der Waals surface area contributed by atoms with Crippen molar-refractivity contribution in [3.63, 3.8) is 0 Å². The molecule has 3 atom stereocenters. The van der Waals surface area contributed by atoms with Gasteiger partial charge in [-0.3, -0.25) is 9.32 Å². The van der Waals surface area contributed by atoms with Crippen LogP contribution < -0.4 is 5.73 Å². The van der Waals surface area contributed by atoms with Gasteiger partial charge in [0.1, 0.15) is 6.10 Å². The first-order valence-corrected chi connectivity index (χ1v) is 6.16. The Labute approximate surface area is 102 Å². The highest BCUT2D eigenvalue weighted by Crippen LogP contribution is 2.38. The third kappa shape index (κ3) is 6.17. The van der Waals surface area contributed by atoms with Crippen molar-refractivity contribution in [2.75, 3.05) is 13.2 Å². The van der Waals surface area contributed by atoms with Gasteiger partial charge >= 0.3 is 13.8 Å². The Morgan fingerprint density at radius 3 is 2.33 bits per heavy atom. The smallest absolute Gasteiger partial charge is 0.455 e. The summed E-state index contributed by atoms with van der Waals surface area (Å²) in [4.78, 5) is 38.6. The van der Waals surface area contributed by atoms with E-state index in [0.29, 0.717) is 0 Å². The van der Waals surface area contributed by atoms with E-state index in [9.17, 15) is 19.3 Å². The fourth-order valence-electron chi connectivity index (χ4n) is 0.989. The van der Waals surface area contributed by atoms with Crippen LogP contribution in [0.1, 0.15) is 0 Å². The summed E-state index contributed by atoms with van der Waals surface area (Å²) in [7, 11) is -5.04. The third-order valence-corrected chi connectivity index (χ3v) is 2.24. The van der Waals surface area contributed by atoms with E-state index < -0.39 is 45.3 Å².